The molecule has 0 atom stereocenters. The lowest BCUT2D eigenvalue weighted by molar-refractivity contribution is 0.0600. The first-order valence-corrected chi connectivity index (χ1v) is 9.74. The minimum absolute atomic E-state index is 0.0743. The van der Waals surface area contributed by atoms with Crippen LogP contribution in [0.5, 0.6) is 0 Å². The standard InChI is InChI=1S/C24H29NO3/c1-23(2)12-13-24(3,4)20-14-18(10-11-19(20)23)21(26)25-15-16-6-8-17(9-7-16)22(27)28-5/h6-11,14H,12-13,15H2,1-5H3,(H,25,26). The summed E-state index contributed by atoms with van der Waals surface area (Å²) in [5.41, 5.74) is 4.96. The van der Waals surface area contributed by atoms with E-state index < -0.39 is 0 Å². The van der Waals surface area contributed by atoms with Crippen molar-refractivity contribution in [3.63, 3.8) is 0 Å². The number of hydrogen-bond acceptors (Lipinski definition) is 3. The number of methoxy groups -OCH3 is 1. The van der Waals surface area contributed by atoms with Gasteiger partial charge in [-0.25, -0.2) is 4.79 Å². The van der Waals surface area contributed by atoms with Gasteiger partial charge in [-0.2, -0.15) is 0 Å². The Morgan fingerprint density at radius 1 is 0.893 bits per heavy atom. The van der Waals surface area contributed by atoms with Crippen LogP contribution in [-0.2, 0) is 22.1 Å². The first-order chi connectivity index (χ1) is 13.1. The highest BCUT2D eigenvalue weighted by Crippen LogP contribution is 2.45. The van der Waals surface area contributed by atoms with Crippen LogP contribution >= 0.6 is 0 Å². The van der Waals surface area contributed by atoms with Gasteiger partial charge in [0, 0.05) is 12.1 Å². The van der Waals surface area contributed by atoms with E-state index in [0.29, 0.717) is 17.7 Å². The van der Waals surface area contributed by atoms with Crippen LogP contribution in [-0.4, -0.2) is 19.0 Å². The number of hydrogen-bond donors (Lipinski definition) is 1. The maximum absolute atomic E-state index is 12.7. The average Bonchev–Trinajstić information content (AvgIpc) is 2.69. The molecule has 0 saturated heterocycles. The lowest BCUT2D eigenvalue weighted by atomic mass is 9.63. The molecule has 4 nitrogen and oxygen atoms in total. The van der Waals surface area contributed by atoms with Crippen molar-refractivity contribution in [3.05, 3.63) is 70.3 Å². The Labute approximate surface area is 167 Å². The Morgan fingerprint density at radius 3 is 2.07 bits per heavy atom. The summed E-state index contributed by atoms with van der Waals surface area (Å²) < 4.78 is 4.70. The van der Waals surface area contributed by atoms with E-state index in [4.69, 9.17) is 4.74 Å². The van der Waals surface area contributed by atoms with Gasteiger partial charge < -0.3 is 10.1 Å². The number of carbonyl (C=O) groups excluding carboxylic acids is 2. The number of ether oxygens (including phenoxy) is 1. The summed E-state index contributed by atoms with van der Waals surface area (Å²) in [6.45, 7) is 9.47. The van der Waals surface area contributed by atoms with E-state index in [1.807, 2.05) is 18.2 Å². The molecule has 3 rings (SSSR count). The molecule has 0 saturated carbocycles. The fourth-order valence-corrected chi connectivity index (χ4v) is 3.89. The van der Waals surface area contributed by atoms with Crippen LogP contribution in [0.2, 0.25) is 0 Å². The second-order valence-electron chi connectivity index (χ2n) is 8.90. The molecule has 0 bridgehead atoms. The highest BCUT2D eigenvalue weighted by Gasteiger charge is 2.37. The molecule has 0 unspecified atom stereocenters. The molecule has 2 aromatic carbocycles. The van der Waals surface area contributed by atoms with E-state index in [2.05, 4.69) is 45.1 Å². The lowest BCUT2D eigenvalue weighted by Crippen LogP contribution is -2.34. The molecule has 4 heteroatoms. The molecule has 0 fully saturated rings. The quantitative estimate of drug-likeness (QED) is 0.780. The van der Waals surface area contributed by atoms with E-state index in [0.717, 1.165) is 18.4 Å². The van der Waals surface area contributed by atoms with Gasteiger partial charge >= 0.3 is 5.97 Å². The summed E-state index contributed by atoms with van der Waals surface area (Å²) in [7, 11) is 1.36. The molecule has 1 aliphatic carbocycles. The van der Waals surface area contributed by atoms with Crippen LogP contribution < -0.4 is 5.32 Å². The smallest absolute Gasteiger partial charge is 0.337 e. The van der Waals surface area contributed by atoms with Gasteiger partial charge in [-0.3, -0.25) is 4.79 Å². The largest absolute Gasteiger partial charge is 0.465 e. The third kappa shape index (κ3) is 3.96. The highest BCUT2D eigenvalue weighted by molar-refractivity contribution is 5.94. The van der Waals surface area contributed by atoms with Crippen molar-refractivity contribution in [1.29, 1.82) is 0 Å². The SMILES string of the molecule is COC(=O)c1ccc(CNC(=O)c2ccc3c(c2)C(C)(C)CCC3(C)C)cc1. The van der Waals surface area contributed by atoms with E-state index in [9.17, 15) is 9.59 Å². The van der Waals surface area contributed by atoms with E-state index >= 15 is 0 Å². The van der Waals surface area contributed by atoms with Crippen LogP contribution in [0.1, 0.15) is 77.9 Å². The second-order valence-corrected chi connectivity index (χ2v) is 8.90. The zero-order valence-electron chi connectivity index (χ0n) is 17.4. The summed E-state index contributed by atoms with van der Waals surface area (Å²) in [5.74, 6) is -0.450. The van der Waals surface area contributed by atoms with Gasteiger partial charge in [-0.15, -0.1) is 0 Å². The maximum atomic E-state index is 12.7. The first kappa shape index (κ1) is 20.1. The van der Waals surface area contributed by atoms with Crippen molar-refractivity contribution < 1.29 is 14.3 Å². The normalized spacial score (nSPS) is 16.8. The topological polar surface area (TPSA) is 55.4 Å². The Kier molecular flexibility index (Phi) is 5.33. The Bertz CT molecular complexity index is 895. The number of nitrogens with one attached hydrogen (secondary N) is 1. The average molecular weight is 380 g/mol. The van der Waals surface area contributed by atoms with Gasteiger partial charge in [0.2, 0.25) is 0 Å². The fraction of sp³-hybridized carbons (Fsp3) is 0.417. The number of rotatable bonds is 4. The summed E-state index contributed by atoms with van der Waals surface area (Å²) in [6, 6.07) is 13.2. The van der Waals surface area contributed by atoms with Gasteiger partial charge in [0.25, 0.3) is 5.91 Å². The molecule has 1 amide bonds. The number of amides is 1. The molecule has 28 heavy (non-hydrogen) atoms. The molecule has 0 heterocycles. The predicted molar refractivity (Wildman–Crippen MR) is 111 cm³/mol. The number of esters is 1. The van der Waals surface area contributed by atoms with Gasteiger partial charge in [-0.1, -0.05) is 45.9 Å². The van der Waals surface area contributed by atoms with Crippen LogP contribution in [0.3, 0.4) is 0 Å². The first-order valence-electron chi connectivity index (χ1n) is 9.74. The predicted octanol–water partition coefficient (Wildman–Crippen LogP) is 4.75. The minimum atomic E-state index is -0.366. The van der Waals surface area contributed by atoms with E-state index in [-0.39, 0.29) is 22.7 Å². The van der Waals surface area contributed by atoms with Crippen LogP contribution in [0.4, 0.5) is 0 Å². The zero-order valence-corrected chi connectivity index (χ0v) is 17.4. The lowest BCUT2D eigenvalue weighted by Gasteiger charge is -2.42. The third-order valence-electron chi connectivity index (χ3n) is 5.94. The van der Waals surface area contributed by atoms with Gasteiger partial charge in [0.1, 0.15) is 0 Å². The summed E-state index contributed by atoms with van der Waals surface area (Å²) in [4.78, 5) is 24.2. The minimum Gasteiger partial charge on any atom is -0.465 e. The highest BCUT2D eigenvalue weighted by atomic mass is 16.5. The van der Waals surface area contributed by atoms with Gasteiger partial charge in [-0.05, 0) is 64.6 Å². The van der Waals surface area contributed by atoms with Gasteiger partial charge in [0.05, 0.1) is 12.7 Å². The molecule has 2 aromatic rings. The number of fused-ring (bicyclic) bond motifs is 1. The Hall–Kier alpha value is -2.62. The van der Waals surface area contributed by atoms with Crippen molar-refractivity contribution in [2.24, 2.45) is 0 Å². The zero-order chi connectivity index (χ0) is 20.5. The Morgan fingerprint density at radius 2 is 1.46 bits per heavy atom. The molecule has 0 aromatic heterocycles. The summed E-state index contributed by atoms with van der Waals surface area (Å²) >= 11 is 0. The van der Waals surface area contributed by atoms with Crippen molar-refractivity contribution in [2.75, 3.05) is 7.11 Å². The fourth-order valence-electron chi connectivity index (χ4n) is 3.89. The van der Waals surface area contributed by atoms with Crippen molar-refractivity contribution in [1.82, 2.24) is 5.32 Å². The molecule has 1 N–H and O–H groups in total. The second kappa shape index (κ2) is 7.42. The maximum Gasteiger partial charge on any atom is 0.337 e. The number of benzene rings is 2. The third-order valence-corrected chi connectivity index (χ3v) is 5.94. The van der Waals surface area contributed by atoms with Crippen molar-refractivity contribution in [2.45, 2.75) is 57.9 Å². The molecular weight excluding hydrogens is 350 g/mol. The molecule has 0 radical (unpaired) electrons. The molecule has 0 spiro atoms. The van der Waals surface area contributed by atoms with Crippen LogP contribution in [0.15, 0.2) is 42.5 Å². The van der Waals surface area contributed by atoms with Crippen LogP contribution in [0.25, 0.3) is 0 Å². The molecular formula is C24H29NO3. The van der Waals surface area contributed by atoms with E-state index in [1.165, 1.54) is 18.2 Å². The number of carbonyl (C=O) groups is 2. The van der Waals surface area contributed by atoms with Crippen molar-refractivity contribution >= 4 is 11.9 Å². The monoisotopic (exact) mass is 379 g/mol. The van der Waals surface area contributed by atoms with Gasteiger partial charge in [0.15, 0.2) is 0 Å². The molecule has 0 aliphatic heterocycles. The van der Waals surface area contributed by atoms with Crippen molar-refractivity contribution in [3.8, 4) is 0 Å². The summed E-state index contributed by atoms with van der Waals surface area (Å²) in [5, 5.41) is 2.98. The van der Waals surface area contributed by atoms with E-state index in [1.54, 1.807) is 12.1 Å². The Balaban J connectivity index is 1.74. The molecule has 148 valence electrons. The summed E-state index contributed by atoms with van der Waals surface area (Å²) in [6.07, 6.45) is 2.27. The van der Waals surface area contributed by atoms with Crippen LogP contribution in [0, 0.1) is 0 Å². The molecule has 1 aliphatic rings.